The van der Waals surface area contributed by atoms with Crippen molar-refractivity contribution < 1.29 is 5.11 Å². The molecule has 0 aromatic heterocycles. The molecule has 1 heterocycles. The first kappa shape index (κ1) is 11.6. The second-order valence-electron chi connectivity index (χ2n) is 4.63. The number of benzene rings is 1. The van der Waals surface area contributed by atoms with Gasteiger partial charge in [0.05, 0.1) is 6.10 Å². The summed E-state index contributed by atoms with van der Waals surface area (Å²) in [5.41, 5.74) is 7.81. The molecule has 0 saturated carbocycles. The van der Waals surface area contributed by atoms with Crippen LogP contribution in [-0.4, -0.2) is 36.7 Å². The van der Waals surface area contributed by atoms with Gasteiger partial charge in [-0.05, 0) is 37.1 Å². The number of rotatable bonds is 3. The minimum atomic E-state index is -0.526. The Bertz CT molecular complexity index is 354. The van der Waals surface area contributed by atoms with Gasteiger partial charge in [0.25, 0.3) is 0 Å². The number of nitrogens with zero attached hydrogens (tertiary/aromatic N) is 1. The fourth-order valence-electron chi connectivity index (χ4n) is 2.50. The van der Waals surface area contributed by atoms with E-state index < -0.39 is 6.10 Å². The molecule has 16 heavy (non-hydrogen) atoms. The van der Waals surface area contributed by atoms with Crippen LogP contribution in [0, 0.1) is 0 Å². The van der Waals surface area contributed by atoms with Crippen LogP contribution in [-0.2, 0) is 0 Å². The predicted molar refractivity (Wildman–Crippen MR) is 65.3 cm³/mol. The van der Waals surface area contributed by atoms with Crippen molar-refractivity contribution in [2.75, 3.05) is 26.7 Å². The molecule has 2 atom stereocenters. The highest BCUT2D eigenvalue weighted by Crippen LogP contribution is 2.31. The van der Waals surface area contributed by atoms with Gasteiger partial charge in [0.1, 0.15) is 0 Å². The Hall–Kier alpha value is -0.900. The lowest BCUT2D eigenvalue weighted by atomic mass is 9.91. The lowest BCUT2D eigenvalue weighted by molar-refractivity contribution is 0.185. The molecule has 1 fully saturated rings. The fourth-order valence-corrected chi connectivity index (χ4v) is 2.50. The summed E-state index contributed by atoms with van der Waals surface area (Å²) < 4.78 is 0. The molecule has 1 saturated heterocycles. The second-order valence-corrected chi connectivity index (χ2v) is 4.63. The van der Waals surface area contributed by atoms with Crippen LogP contribution >= 0.6 is 0 Å². The summed E-state index contributed by atoms with van der Waals surface area (Å²) in [5.74, 6) is 0.544. The van der Waals surface area contributed by atoms with E-state index in [0.717, 1.165) is 18.7 Å². The molecule has 1 aromatic carbocycles. The van der Waals surface area contributed by atoms with E-state index in [1.807, 2.05) is 18.2 Å². The van der Waals surface area contributed by atoms with Crippen LogP contribution in [0.5, 0.6) is 0 Å². The number of aliphatic hydroxyl groups excluding tert-OH is 1. The Labute approximate surface area is 96.9 Å². The third-order valence-corrected chi connectivity index (χ3v) is 3.41. The summed E-state index contributed by atoms with van der Waals surface area (Å²) in [6.07, 6.45) is 0.646. The first-order valence-electron chi connectivity index (χ1n) is 5.88. The zero-order chi connectivity index (χ0) is 11.5. The monoisotopic (exact) mass is 220 g/mol. The molecule has 2 unspecified atom stereocenters. The van der Waals surface area contributed by atoms with Crippen LogP contribution in [0.1, 0.15) is 29.6 Å². The van der Waals surface area contributed by atoms with Gasteiger partial charge in [-0.1, -0.05) is 24.3 Å². The zero-order valence-corrected chi connectivity index (χ0v) is 9.76. The van der Waals surface area contributed by atoms with Gasteiger partial charge < -0.3 is 15.7 Å². The molecule has 2 rings (SSSR count). The summed E-state index contributed by atoms with van der Waals surface area (Å²) in [4.78, 5) is 2.33. The second kappa shape index (κ2) is 4.95. The molecule has 3 N–H and O–H groups in total. The Kier molecular flexibility index (Phi) is 3.59. The van der Waals surface area contributed by atoms with Crippen molar-refractivity contribution in [3.63, 3.8) is 0 Å². The van der Waals surface area contributed by atoms with E-state index in [9.17, 15) is 5.11 Å². The largest absolute Gasteiger partial charge is 0.387 e. The van der Waals surface area contributed by atoms with Crippen molar-refractivity contribution in [2.45, 2.75) is 18.4 Å². The average molecular weight is 220 g/mol. The standard InChI is InChI=1S/C13H20N2O/c1-15-7-6-10(9-15)11-4-2-3-5-12(11)13(16)8-14/h2-5,10,13,16H,6-9,14H2,1H3. The predicted octanol–water partition coefficient (Wildman–Crippen LogP) is 1.10. The third-order valence-electron chi connectivity index (χ3n) is 3.41. The van der Waals surface area contributed by atoms with Gasteiger partial charge in [0, 0.05) is 13.1 Å². The molecule has 3 heteroatoms. The highest BCUT2D eigenvalue weighted by atomic mass is 16.3. The molecule has 0 spiro atoms. The maximum absolute atomic E-state index is 9.90. The molecule has 1 aromatic rings. The van der Waals surface area contributed by atoms with E-state index in [1.54, 1.807) is 0 Å². The Morgan fingerprint density at radius 2 is 2.25 bits per heavy atom. The number of aliphatic hydroxyl groups is 1. The normalized spacial score (nSPS) is 23.6. The highest BCUT2D eigenvalue weighted by molar-refractivity contribution is 5.33. The topological polar surface area (TPSA) is 49.5 Å². The molecular weight excluding hydrogens is 200 g/mol. The number of likely N-dealkylation sites (tertiary alicyclic amines) is 1. The smallest absolute Gasteiger partial charge is 0.0915 e. The van der Waals surface area contributed by atoms with Gasteiger partial charge in [-0.3, -0.25) is 0 Å². The van der Waals surface area contributed by atoms with Gasteiger partial charge >= 0.3 is 0 Å². The van der Waals surface area contributed by atoms with Crippen LogP contribution in [0.2, 0.25) is 0 Å². The molecule has 0 amide bonds. The van der Waals surface area contributed by atoms with Crippen LogP contribution in [0.3, 0.4) is 0 Å². The Morgan fingerprint density at radius 3 is 2.88 bits per heavy atom. The number of hydrogen-bond acceptors (Lipinski definition) is 3. The summed E-state index contributed by atoms with van der Waals surface area (Å²) in [6.45, 7) is 2.51. The zero-order valence-electron chi connectivity index (χ0n) is 9.76. The molecule has 88 valence electrons. The molecule has 0 bridgehead atoms. The van der Waals surface area contributed by atoms with Gasteiger partial charge in [-0.2, -0.15) is 0 Å². The molecule has 1 aliphatic heterocycles. The minimum absolute atomic E-state index is 0.291. The van der Waals surface area contributed by atoms with Crippen LogP contribution in [0.4, 0.5) is 0 Å². The third kappa shape index (κ3) is 2.26. The van der Waals surface area contributed by atoms with E-state index in [-0.39, 0.29) is 0 Å². The minimum Gasteiger partial charge on any atom is -0.387 e. The lowest BCUT2D eigenvalue weighted by Crippen LogP contribution is -2.17. The van der Waals surface area contributed by atoms with E-state index in [0.29, 0.717) is 12.5 Å². The van der Waals surface area contributed by atoms with Crippen molar-refractivity contribution >= 4 is 0 Å². The van der Waals surface area contributed by atoms with Crippen molar-refractivity contribution in [2.24, 2.45) is 5.73 Å². The van der Waals surface area contributed by atoms with E-state index in [4.69, 9.17) is 5.73 Å². The summed E-state index contributed by atoms with van der Waals surface area (Å²) >= 11 is 0. The van der Waals surface area contributed by atoms with Crippen LogP contribution < -0.4 is 5.73 Å². The van der Waals surface area contributed by atoms with Crippen molar-refractivity contribution in [3.8, 4) is 0 Å². The van der Waals surface area contributed by atoms with Crippen molar-refractivity contribution in [1.82, 2.24) is 4.90 Å². The maximum Gasteiger partial charge on any atom is 0.0915 e. The van der Waals surface area contributed by atoms with Crippen LogP contribution in [0.15, 0.2) is 24.3 Å². The first-order chi connectivity index (χ1) is 7.72. The van der Waals surface area contributed by atoms with Gasteiger partial charge in [-0.25, -0.2) is 0 Å². The lowest BCUT2D eigenvalue weighted by Gasteiger charge is -2.18. The number of nitrogens with two attached hydrogens (primary N) is 1. The van der Waals surface area contributed by atoms with Gasteiger partial charge in [0.15, 0.2) is 0 Å². The summed E-state index contributed by atoms with van der Waals surface area (Å²) in [5, 5.41) is 9.90. The fraction of sp³-hybridized carbons (Fsp3) is 0.538. The first-order valence-corrected chi connectivity index (χ1v) is 5.88. The quantitative estimate of drug-likeness (QED) is 0.802. The van der Waals surface area contributed by atoms with E-state index in [2.05, 4.69) is 18.0 Å². The molecule has 1 aliphatic rings. The van der Waals surface area contributed by atoms with E-state index >= 15 is 0 Å². The Morgan fingerprint density at radius 1 is 1.50 bits per heavy atom. The molecular formula is C13H20N2O. The van der Waals surface area contributed by atoms with Crippen molar-refractivity contribution in [3.05, 3.63) is 35.4 Å². The highest BCUT2D eigenvalue weighted by Gasteiger charge is 2.24. The van der Waals surface area contributed by atoms with Crippen molar-refractivity contribution in [1.29, 1.82) is 0 Å². The van der Waals surface area contributed by atoms with Crippen LogP contribution in [0.25, 0.3) is 0 Å². The molecule has 0 aliphatic carbocycles. The molecule has 0 radical (unpaired) electrons. The Balaban J connectivity index is 2.26. The van der Waals surface area contributed by atoms with Gasteiger partial charge in [-0.15, -0.1) is 0 Å². The van der Waals surface area contributed by atoms with Gasteiger partial charge in [0.2, 0.25) is 0 Å². The number of hydrogen-bond donors (Lipinski definition) is 2. The summed E-state index contributed by atoms with van der Waals surface area (Å²) in [7, 11) is 2.14. The SMILES string of the molecule is CN1CCC(c2ccccc2C(O)CN)C1. The van der Waals surface area contributed by atoms with E-state index in [1.165, 1.54) is 12.0 Å². The molecule has 3 nitrogen and oxygen atoms in total. The average Bonchev–Trinajstić information content (AvgIpc) is 2.75. The number of likely N-dealkylation sites (N-methyl/N-ethyl adjacent to an activating group) is 1. The summed E-state index contributed by atoms with van der Waals surface area (Å²) in [6, 6.07) is 8.12. The maximum atomic E-state index is 9.90.